The molecule has 1 saturated heterocycles. The Morgan fingerprint density at radius 2 is 1.77 bits per heavy atom. The summed E-state index contributed by atoms with van der Waals surface area (Å²) in [5.41, 5.74) is 6.05. The third kappa shape index (κ3) is 2.96. The SMILES string of the molecule is CC(C)(C)C(CCN)N1CCCC1. The quantitative estimate of drug-likeness (QED) is 0.725. The van der Waals surface area contributed by atoms with Crippen LogP contribution in [0, 0.1) is 5.41 Å². The van der Waals surface area contributed by atoms with E-state index in [2.05, 4.69) is 25.7 Å². The average Bonchev–Trinajstić information content (AvgIpc) is 2.49. The van der Waals surface area contributed by atoms with Crippen LogP contribution in [0.2, 0.25) is 0 Å². The lowest BCUT2D eigenvalue weighted by atomic mass is 9.84. The molecule has 2 heteroatoms. The summed E-state index contributed by atoms with van der Waals surface area (Å²) < 4.78 is 0. The number of nitrogens with zero attached hydrogens (tertiary/aromatic N) is 1. The summed E-state index contributed by atoms with van der Waals surface area (Å²) >= 11 is 0. The summed E-state index contributed by atoms with van der Waals surface area (Å²) in [5.74, 6) is 0. The highest BCUT2D eigenvalue weighted by atomic mass is 15.2. The van der Waals surface area contributed by atoms with Crippen LogP contribution in [0.15, 0.2) is 0 Å². The lowest BCUT2D eigenvalue weighted by Gasteiger charge is -2.37. The number of rotatable bonds is 3. The van der Waals surface area contributed by atoms with E-state index in [0.29, 0.717) is 11.5 Å². The minimum Gasteiger partial charge on any atom is -0.330 e. The Labute approximate surface area is 82.5 Å². The van der Waals surface area contributed by atoms with Crippen LogP contribution in [0.5, 0.6) is 0 Å². The second kappa shape index (κ2) is 4.43. The molecule has 0 bridgehead atoms. The minimum absolute atomic E-state index is 0.379. The molecule has 1 atom stereocenters. The van der Waals surface area contributed by atoms with Crippen molar-refractivity contribution in [1.82, 2.24) is 4.90 Å². The molecule has 0 saturated carbocycles. The highest BCUT2D eigenvalue weighted by Crippen LogP contribution is 2.29. The molecule has 1 rings (SSSR count). The predicted octanol–water partition coefficient (Wildman–Crippen LogP) is 1.85. The molecular weight excluding hydrogens is 160 g/mol. The highest BCUT2D eigenvalue weighted by molar-refractivity contribution is 4.85. The van der Waals surface area contributed by atoms with E-state index in [9.17, 15) is 0 Å². The van der Waals surface area contributed by atoms with Crippen LogP contribution < -0.4 is 5.73 Å². The average molecular weight is 184 g/mol. The lowest BCUT2D eigenvalue weighted by molar-refractivity contribution is 0.118. The van der Waals surface area contributed by atoms with Crippen LogP contribution in [0.1, 0.15) is 40.0 Å². The molecule has 13 heavy (non-hydrogen) atoms. The molecule has 0 aliphatic carbocycles. The summed E-state index contributed by atoms with van der Waals surface area (Å²) in [6.07, 6.45) is 3.89. The first kappa shape index (κ1) is 11.0. The summed E-state index contributed by atoms with van der Waals surface area (Å²) in [4.78, 5) is 2.62. The van der Waals surface area contributed by atoms with E-state index in [-0.39, 0.29) is 0 Å². The molecule has 78 valence electrons. The van der Waals surface area contributed by atoms with Gasteiger partial charge in [-0.05, 0) is 44.3 Å². The molecule has 1 aliphatic rings. The van der Waals surface area contributed by atoms with Crippen LogP contribution in [0.25, 0.3) is 0 Å². The van der Waals surface area contributed by atoms with Gasteiger partial charge >= 0.3 is 0 Å². The number of nitrogens with two attached hydrogens (primary N) is 1. The Morgan fingerprint density at radius 1 is 1.23 bits per heavy atom. The zero-order chi connectivity index (χ0) is 9.90. The largest absolute Gasteiger partial charge is 0.330 e. The van der Waals surface area contributed by atoms with E-state index < -0.39 is 0 Å². The summed E-state index contributed by atoms with van der Waals surface area (Å²) in [5, 5.41) is 0. The van der Waals surface area contributed by atoms with Crippen molar-refractivity contribution in [2.45, 2.75) is 46.1 Å². The van der Waals surface area contributed by atoms with E-state index in [0.717, 1.165) is 13.0 Å². The Morgan fingerprint density at radius 3 is 2.15 bits per heavy atom. The summed E-state index contributed by atoms with van der Waals surface area (Å²) in [6, 6.07) is 0.681. The van der Waals surface area contributed by atoms with Gasteiger partial charge in [0.25, 0.3) is 0 Å². The van der Waals surface area contributed by atoms with E-state index in [4.69, 9.17) is 5.73 Å². The Hall–Kier alpha value is -0.0800. The zero-order valence-corrected chi connectivity index (χ0v) is 9.34. The Bertz CT molecular complexity index is 143. The van der Waals surface area contributed by atoms with Crippen LogP contribution >= 0.6 is 0 Å². The van der Waals surface area contributed by atoms with Crippen LogP contribution in [0.4, 0.5) is 0 Å². The van der Waals surface area contributed by atoms with Gasteiger partial charge in [0.05, 0.1) is 0 Å². The molecule has 2 N–H and O–H groups in total. The molecular formula is C11H24N2. The molecule has 0 aromatic rings. The van der Waals surface area contributed by atoms with Gasteiger partial charge < -0.3 is 5.73 Å². The fourth-order valence-corrected chi connectivity index (χ4v) is 2.37. The van der Waals surface area contributed by atoms with Gasteiger partial charge in [0.2, 0.25) is 0 Å². The van der Waals surface area contributed by atoms with Crippen LogP contribution in [0.3, 0.4) is 0 Å². The first-order chi connectivity index (χ1) is 6.05. The normalized spacial score (nSPS) is 22.2. The van der Waals surface area contributed by atoms with Gasteiger partial charge in [-0.3, -0.25) is 4.90 Å². The van der Waals surface area contributed by atoms with E-state index in [1.807, 2.05) is 0 Å². The van der Waals surface area contributed by atoms with Crippen molar-refractivity contribution in [3.63, 3.8) is 0 Å². The first-order valence-corrected chi connectivity index (χ1v) is 5.50. The third-order valence-corrected chi connectivity index (χ3v) is 3.02. The van der Waals surface area contributed by atoms with E-state index in [1.54, 1.807) is 0 Å². The summed E-state index contributed by atoms with van der Waals surface area (Å²) in [7, 11) is 0. The molecule has 1 heterocycles. The van der Waals surface area contributed by atoms with Crippen molar-refractivity contribution in [3.8, 4) is 0 Å². The number of hydrogen-bond acceptors (Lipinski definition) is 2. The molecule has 0 spiro atoms. The van der Waals surface area contributed by atoms with Gasteiger partial charge in [-0.15, -0.1) is 0 Å². The van der Waals surface area contributed by atoms with Crippen LogP contribution in [-0.4, -0.2) is 30.6 Å². The topological polar surface area (TPSA) is 29.3 Å². The molecule has 1 unspecified atom stereocenters. The van der Waals surface area contributed by atoms with Gasteiger partial charge in [-0.25, -0.2) is 0 Å². The predicted molar refractivity (Wildman–Crippen MR) is 57.7 cm³/mol. The standard InChI is InChI=1S/C11H24N2/c1-11(2,3)10(6-7-12)13-8-4-5-9-13/h10H,4-9,12H2,1-3H3. The smallest absolute Gasteiger partial charge is 0.0156 e. The van der Waals surface area contributed by atoms with E-state index in [1.165, 1.54) is 25.9 Å². The molecule has 0 amide bonds. The second-order valence-electron chi connectivity index (χ2n) is 5.20. The van der Waals surface area contributed by atoms with Gasteiger partial charge in [-0.2, -0.15) is 0 Å². The third-order valence-electron chi connectivity index (χ3n) is 3.02. The highest BCUT2D eigenvalue weighted by Gasteiger charge is 2.30. The fourth-order valence-electron chi connectivity index (χ4n) is 2.37. The van der Waals surface area contributed by atoms with Crippen molar-refractivity contribution in [2.75, 3.05) is 19.6 Å². The van der Waals surface area contributed by atoms with Crippen molar-refractivity contribution in [2.24, 2.45) is 11.1 Å². The van der Waals surface area contributed by atoms with E-state index >= 15 is 0 Å². The number of hydrogen-bond donors (Lipinski definition) is 1. The zero-order valence-electron chi connectivity index (χ0n) is 9.34. The lowest BCUT2D eigenvalue weighted by Crippen LogP contribution is -2.43. The van der Waals surface area contributed by atoms with Gasteiger partial charge in [0.15, 0.2) is 0 Å². The van der Waals surface area contributed by atoms with Crippen molar-refractivity contribution >= 4 is 0 Å². The fraction of sp³-hybridized carbons (Fsp3) is 1.00. The first-order valence-electron chi connectivity index (χ1n) is 5.50. The van der Waals surface area contributed by atoms with Gasteiger partial charge in [-0.1, -0.05) is 20.8 Å². The summed E-state index contributed by atoms with van der Waals surface area (Å²) in [6.45, 7) is 10.4. The van der Waals surface area contributed by atoms with Crippen molar-refractivity contribution in [3.05, 3.63) is 0 Å². The minimum atomic E-state index is 0.379. The maximum Gasteiger partial charge on any atom is 0.0156 e. The van der Waals surface area contributed by atoms with Crippen molar-refractivity contribution < 1.29 is 0 Å². The molecule has 1 fully saturated rings. The van der Waals surface area contributed by atoms with Gasteiger partial charge in [0, 0.05) is 6.04 Å². The monoisotopic (exact) mass is 184 g/mol. The maximum absolute atomic E-state index is 5.67. The molecule has 0 radical (unpaired) electrons. The number of likely N-dealkylation sites (tertiary alicyclic amines) is 1. The van der Waals surface area contributed by atoms with Gasteiger partial charge in [0.1, 0.15) is 0 Å². The molecule has 1 aliphatic heterocycles. The second-order valence-corrected chi connectivity index (χ2v) is 5.20. The van der Waals surface area contributed by atoms with Crippen molar-refractivity contribution in [1.29, 1.82) is 0 Å². The maximum atomic E-state index is 5.67. The Kier molecular flexibility index (Phi) is 3.74. The molecule has 0 aromatic carbocycles. The molecule has 2 nitrogen and oxygen atoms in total. The van der Waals surface area contributed by atoms with Crippen LogP contribution in [-0.2, 0) is 0 Å². The Balaban J connectivity index is 2.55. The molecule has 0 aromatic heterocycles.